The van der Waals surface area contributed by atoms with Gasteiger partial charge in [0.15, 0.2) is 0 Å². The first-order valence-electron chi connectivity index (χ1n) is 4.71. The van der Waals surface area contributed by atoms with Gasteiger partial charge in [-0.15, -0.1) is 11.8 Å². The molecule has 0 heterocycles. The second-order valence-corrected chi connectivity index (χ2v) is 4.37. The molecule has 78 valence electrons. The van der Waals surface area contributed by atoms with Crippen LogP contribution in [0.2, 0.25) is 0 Å². The number of thioether (sulfide) groups is 1. The van der Waals surface area contributed by atoms with Crippen molar-refractivity contribution in [3.05, 3.63) is 29.8 Å². The molecule has 0 spiro atoms. The fourth-order valence-electron chi connectivity index (χ4n) is 1.11. The van der Waals surface area contributed by atoms with Gasteiger partial charge in [-0.05, 0) is 24.6 Å². The predicted octanol–water partition coefficient (Wildman–Crippen LogP) is 2.44. The van der Waals surface area contributed by atoms with Crippen molar-refractivity contribution in [1.82, 2.24) is 0 Å². The summed E-state index contributed by atoms with van der Waals surface area (Å²) in [6.45, 7) is 2.78. The second-order valence-electron chi connectivity index (χ2n) is 3.20. The molecule has 0 radical (unpaired) electrons. The largest absolute Gasteiger partial charge is 0.384 e. The minimum Gasteiger partial charge on any atom is -0.384 e. The molecule has 0 saturated heterocycles. The van der Waals surface area contributed by atoms with E-state index in [0.717, 1.165) is 12.4 Å². The van der Waals surface area contributed by atoms with E-state index in [2.05, 4.69) is 24.3 Å². The molecule has 2 N–H and O–H groups in total. The lowest BCUT2D eigenvalue weighted by Crippen LogP contribution is -2.04. The van der Waals surface area contributed by atoms with Crippen LogP contribution < -0.4 is 5.73 Å². The Bertz CT molecular complexity index is 258. The third-order valence-corrected chi connectivity index (χ3v) is 2.94. The normalized spacial score (nSPS) is 12.8. The average Bonchev–Trinajstić information content (AvgIpc) is 2.19. The van der Waals surface area contributed by atoms with Gasteiger partial charge >= 0.3 is 0 Å². The molecular weight excluding hydrogens is 194 g/mol. The number of rotatable bonds is 5. The van der Waals surface area contributed by atoms with Crippen molar-refractivity contribution < 1.29 is 4.74 Å². The van der Waals surface area contributed by atoms with Crippen molar-refractivity contribution >= 4 is 11.8 Å². The van der Waals surface area contributed by atoms with Crippen LogP contribution >= 0.6 is 11.8 Å². The summed E-state index contributed by atoms with van der Waals surface area (Å²) in [4.78, 5) is 1.27. The van der Waals surface area contributed by atoms with Crippen LogP contribution in [0.4, 0.5) is 0 Å². The predicted molar refractivity (Wildman–Crippen MR) is 61.6 cm³/mol. The Morgan fingerprint density at radius 2 is 2.00 bits per heavy atom. The fraction of sp³-hybridized carbons (Fsp3) is 0.455. The Balaban J connectivity index is 2.47. The lowest BCUT2D eigenvalue weighted by Gasteiger charge is -2.06. The second kappa shape index (κ2) is 6.06. The van der Waals surface area contributed by atoms with Gasteiger partial charge in [0, 0.05) is 23.8 Å². The molecule has 0 aliphatic heterocycles. The van der Waals surface area contributed by atoms with Crippen LogP contribution in [-0.4, -0.2) is 19.5 Å². The average molecular weight is 211 g/mol. The zero-order valence-corrected chi connectivity index (χ0v) is 9.51. The van der Waals surface area contributed by atoms with Crippen molar-refractivity contribution in [3.63, 3.8) is 0 Å². The molecule has 0 aliphatic rings. The third kappa shape index (κ3) is 3.70. The lowest BCUT2D eigenvalue weighted by molar-refractivity contribution is 0.218. The molecule has 0 unspecified atom stereocenters. The quantitative estimate of drug-likeness (QED) is 0.600. The maximum Gasteiger partial charge on any atom is 0.0556 e. The van der Waals surface area contributed by atoms with Gasteiger partial charge in [-0.3, -0.25) is 0 Å². The molecule has 0 aromatic heterocycles. The SMILES string of the molecule is COCCSc1ccc([C@@H](C)N)cc1. The van der Waals surface area contributed by atoms with Crippen molar-refractivity contribution in [2.45, 2.75) is 17.9 Å². The van der Waals surface area contributed by atoms with Crippen LogP contribution in [0.15, 0.2) is 29.2 Å². The highest BCUT2D eigenvalue weighted by Crippen LogP contribution is 2.19. The van der Waals surface area contributed by atoms with Gasteiger partial charge in [0.1, 0.15) is 0 Å². The molecule has 0 aliphatic carbocycles. The van der Waals surface area contributed by atoms with E-state index in [-0.39, 0.29) is 6.04 Å². The highest BCUT2D eigenvalue weighted by atomic mass is 32.2. The van der Waals surface area contributed by atoms with Gasteiger partial charge < -0.3 is 10.5 Å². The summed E-state index contributed by atoms with van der Waals surface area (Å²) in [5.74, 6) is 0.994. The van der Waals surface area contributed by atoms with E-state index in [1.807, 2.05) is 6.92 Å². The van der Waals surface area contributed by atoms with Gasteiger partial charge in [0.25, 0.3) is 0 Å². The molecule has 0 amide bonds. The van der Waals surface area contributed by atoms with Crippen LogP contribution in [0.25, 0.3) is 0 Å². The highest BCUT2D eigenvalue weighted by Gasteiger charge is 1.98. The fourth-order valence-corrected chi connectivity index (χ4v) is 1.92. The first-order valence-corrected chi connectivity index (χ1v) is 5.70. The van der Waals surface area contributed by atoms with E-state index < -0.39 is 0 Å². The van der Waals surface area contributed by atoms with E-state index in [1.165, 1.54) is 10.5 Å². The number of hydrogen-bond donors (Lipinski definition) is 1. The highest BCUT2D eigenvalue weighted by molar-refractivity contribution is 7.99. The smallest absolute Gasteiger partial charge is 0.0556 e. The Labute approximate surface area is 89.8 Å². The van der Waals surface area contributed by atoms with E-state index >= 15 is 0 Å². The Hall–Kier alpha value is -0.510. The topological polar surface area (TPSA) is 35.2 Å². The minimum atomic E-state index is 0.119. The van der Waals surface area contributed by atoms with Crippen LogP contribution in [-0.2, 0) is 4.74 Å². The maximum absolute atomic E-state index is 5.76. The lowest BCUT2D eigenvalue weighted by atomic mass is 10.1. The molecule has 1 aromatic rings. The summed E-state index contributed by atoms with van der Waals surface area (Å²) in [6, 6.07) is 8.51. The summed E-state index contributed by atoms with van der Waals surface area (Å²) in [5, 5.41) is 0. The molecule has 14 heavy (non-hydrogen) atoms. The Morgan fingerprint density at radius 1 is 1.36 bits per heavy atom. The van der Waals surface area contributed by atoms with Crippen molar-refractivity contribution in [2.24, 2.45) is 5.73 Å². The van der Waals surface area contributed by atoms with E-state index in [4.69, 9.17) is 10.5 Å². The maximum atomic E-state index is 5.76. The number of nitrogens with two attached hydrogens (primary N) is 1. The van der Waals surface area contributed by atoms with Crippen LogP contribution in [0.5, 0.6) is 0 Å². The molecular formula is C11H17NOS. The van der Waals surface area contributed by atoms with Crippen molar-refractivity contribution in [3.8, 4) is 0 Å². The summed E-state index contributed by atoms with van der Waals surface area (Å²) in [6.07, 6.45) is 0. The molecule has 2 nitrogen and oxygen atoms in total. The molecule has 0 fully saturated rings. The van der Waals surface area contributed by atoms with Crippen LogP contribution in [0.1, 0.15) is 18.5 Å². The van der Waals surface area contributed by atoms with E-state index in [0.29, 0.717) is 0 Å². The molecule has 0 saturated carbocycles. The van der Waals surface area contributed by atoms with Crippen molar-refractivity contribution in [1.29, 1.82) is 0 Å². The number of benzene rings is 1. The first-order chi connectivity index (χ1) is 6.74. The van der Waals surface area contributed by atoms with Crippen molar-refractivity contribution in [2.75, 3.05) is 19.5 Å². The standard InChI is InChI=1S/C11H17NOS/c1-9(12)10-3-5-11(6-4-10)14-8-7-13-2/h3-6,9H,7-8,12H2,1-2H3/t9-/m1/s1. The zero-order chi connectivity index (χ0) is 10.4. The number of ether oxygens (including phenoxy) is 1. The Kier molecular flexibility index (Phi) is 5.01. The zero-order valence-electron chi connectivity index (χ0n) is 8.69. The van der Waals surface area contributed by atoms with E-state index in [9.17, 15) is 0 Å². The van der Waals surface area contributed by atoms with Gasteiger partial charge in [0.05, 0.1) is 6.61 Å². The molecule has 3 heteroatoms. The van der Waals surface area contributed by atoms with Gasteiger partial charge in [-0.25, -0.2) is 0 Å². The third-order valence-electron chi connectivity index (χ3n) is 1.96. The molecule has 1 rings (SSSR count). The van der Waals surface area contributed by atoms with Gasteiger partial charge in [-0.1, -0.05) is 12.1 Å². The van der Waals surface area contributed by atoms with Gasteiger partial charge in [0.2, 0.25) is 0 Å². The summed E-state index contributed by atoms with van der Waals surface area (Å²) in [7, 11) is 1.72. The number of hydrogen-bond acceptors (Lipinski definition) is 3. The monoisotopic (exact) mass is 211 g/mol. The summed E-state index contributed by atoms with van der Waals surface area (Å²) >= 11 is 1.80. The molecule has 1 atom stereocenters. The summed E-state index contributed by atoms with van der Waals surface area (Å²) in [5.41, 5.74) is 6.94. The van der Waals surface area contributed by atoms with E-state index in [1.54, 1.807) is 18.9 Å². The van der Waals surface area contributed by atoms with Gasteiger partial charge in [-0.2, -0.15) is 0 Å². The Morgan fingerprint density at radius 3 is 2.50 bits per heavy atom. The first kappa shape index (κ1) is 11.6. The minimum absolute atomic E-state index is 0.119. The summed E-state index contributed by atoms with van der Waals surface area (Å²) < 4.78 is 4.98. The molecule has 1 aromatic carbocycles. The van der Waals surface area contributed by atoms with Crippen LogP contribution in [0, 0.1) is 0 Å². The molecule has 0 bridgehead atoms. The van der Waals surface area contributed by atoms with Crippen LogP contribution in [0.3, 0.4) is 0 Å². The number of methoxy groups -OCH3 is 1.